The smallest absolute Gasteiger partial charge is 0.270 e. The third-order valence-corrected chi connectivity index (χ3v) is 3.71. The number of non-ortho nitro benzene ring substituents is 1. The van der Waals surface area contributed by atoms with Gasteiger partial charge in [-0.25, -0.2) is 0 Å². The highest BCUT2D eigenvalue weighted by Gasteiger charge is 2.11. The van der Waals surface area contributed by atoms with Crippen LogP contribution in [-0.4, -0.2) is 9.91 Å². The quantitative estimate of drug-likeness (QED) is 0.443. The third kappa shape index (κ3) is 3.92. The Kier molecular flexibility index (Phi) is 5.14. The van der Waals surface area contributed by atoms with Crippen LogP contribution in [0.4, 0.5) is 5.69 Å². The molecular weight excluding hydrogens is 360 g/mol. The number of halogens is 2. The Labute approximate surface area is 135 Å². The summed E-state index contributed by atoms with van der Waals surface area (Å²) in [5.74, 6) is 0.659. The topological polar surface area (TPSA) is 65.3 Å². The molecule has 0 radical (unpaired) electrons. The van der Waals surface area contributed by atoms with Crippen LogP contribution in [0.5, 0.6) is 5.75 Å². The lowest BCUT2D eigenvalue weighted by atomic mass is 10.2. The Morgan fingerprint density at radius 1 is 1.38 bits per heavy atom. The van der Waals surface area contributed by atoms with E-state index in [0.29, 0.717) is 21.7 Å². The zero-order valence-electron chi connectivity index (χ0n) is 11.2. The molecule has 0 spiro atoms. The van der Waals surface area contributed by atoms with Crippen molar-refractivity contribution in [2.24, 2.45) is 0 Å². The molecule has 1 aromatic carbocycles. The van der Waals surface area contributed by atoms with Gasteiger partial charge in [0.25, 0.3) is 5.69 Å². The van der Waals surface area contributed by atoms with E-state index >= 15 is 0 Å². The fourth-order valence-electron chi connectivity index (χ4n) is 1.75. The predicted molar refractivity (Wildman–Crippen MR) is 84.0 cm³/mol. The van der Waals surface area contributed by atoms with E-state index in [1.807, 2.05) is 19.1 Å². The van der Waals surface area contributed by atoms with Crippen LogP contribution in [-0.2, 0) is 11.9 Å². The Balaban J connectivity index is 2.15. The second-order valence-electron chi connectivity index (χ2n) is 4.35. The molecule has 0 fully saturated rings. The van der Waals surface area contributed by atoms with Gasteiger partial charge in [0.15, 0.2) is 0 Å². The minimum Gasteiger partial charge on any atom is -0.487 e. The second-order valence-corrected chi connectivity index (χ2v) is 5.32. The summed E-state index contributed by atoms with van der Waals surface area (Å²) in [6.45, 7) is 2.13. The average molecular weight is 372 g/mol. The van der Waals surface area contributed by atoms with Crippen molar-refractivity contribution in [1.82, 2.24) is 4.98 Å². The number of alkyl halides is 1. The first kappa shape index (κ1) is 15.7. The molecule has 0 unspecified atom stereocenters. The molecule has 0 atom stereocenters. The maximum Gasteiger partial charge on any atom is 0.270 e. The number of nitro groups is 1. The SMILES string of the molecule is Cc1ccc(OCc2ccc([N+](=O)[O-])cc2Cl)c(CBr)n1. The fraction of sp³-hybridized carbons (Fsp3) is 0.214. The minimum atomic E-state index is -0.483. The van der Waals surface area contributed by atoms with E-state index in [2.05, 4.69) is 20.9 Å². The van der Waals surface area contributed by atoms with Gasteiger partial charge in [-0.2, -0.15) is 0 Å². The van der Waals surface area contributed by atoms with Crippen LogP contribution >= 0.6 is 27.5 Å². The summed E-state index contributed by atoms with van der Waals surface area (Å²) in [5.41, 5.74) is 2.35. The number of benzene rings is 1. The maximum absolute atomic E-state index is 10.7. The van der Waals surface area contributed by atoms with Crippen molar-refractivity contribution in [3.05, 3.63) is 62.4 Å². The molecule has 0 aliphatic carbocycles. The van der Waals surface area contributed by atoms with E-state index in [0.717, 1.165) is 11.4 Å². The summed E-state index contributed by atoms with van der Waals surface area (Å²) in [6, 6.07) is 8.02. The predicted octanol–water partition coefficient (Wildman–Crippen LogP) is 4.43. The molecule has 0 amide bonds. The van der Waals surface area contributed by atoms with Gasteiger partial charge in [0, 0.05) is 28.7 Å². The summed E-state index contributed by atoms with van der Waals surface area (Å²) in [5, 5.41) is 11.6. The van der Waals surface area contributed by atoms with Gasteiger partial charge in [0.2, 0.25) is 0 Å². The second kappa shape index (κ2) is 6.87. The van der Waals surface area contributed by atoms with E-state index in [4.69, 9.17) is 16.3 Å². The van der Waals surface area contributed by atoms with Gasteiger partial charge in [-0.3, -0.25) is 15.1 Å². The number of pyridine rings is 1. The van der Waals surface area contributed by atoms with Crippen LogP contribution < -0.4 is 4.74 Å². The van der Waals surface area contributed by atoms with E-state index in [-0.39, 0.29) is 12.3 Å². The molecule has 2 rings (SSSR count). The van der Waals surface area contributed by atoms with Crippen LogP contribution in [0.3, 0.4) is 0 Å². The van der Waals surface area contributed by atoms with Gasteiger partial charge in [-0.15, -0.1) is 0 Å². The average Bonchev–Trinajstić information content (AvgIpc) is 2.46. The Hall–Kier alpha value is -1.66. The monoisotopic (exact) mass is 370 g/mol. The lowest BCUT2D eigenvalue weighted by molar-refractivity contribution is -0.384. The van der Waals surface area contributed by atoms with Crippen molar-refractivity contribution >= 4 is 33.2 Å². The first-order chi connectivity index (χ1) is 10.0. The van der Waals surface area contributed by atoms with Gasteiger partial charge in [-0.05, 0) is 25.1 Å². The zero-order chi connectivity index (χ0) is 15.4. The Morgan fingerprint density at radius 3 is 2.76 bits per heavy atom. The number of aryl methyl sites for hydroxylation is 1. The Bertz CT molecular complexity index is 679. The van der Waals surface area contributed by atoms with Crippen LogP contribution in [0, 0.1) is 17.0 Å². The summed E-state index contributed by atoms with van der Waals surface area (Å²) in [6.07, 6.45) is 0. The normalized spacial score (nSPS) is 10.4. The molecule has 0 saturated carbocycles. The standard InChI is InChI=1S/C14H12BrClN2O3/c1-9-2-5-14(13(7-15)17-9)21-8-10-3-4-11(18(19)20)6-12(10)16/h2-6H,7-8H2,1H3. The molecule has 110 valence electrons. The number of hydrogen-bond donors (Lipinski definition) is 0. The van der Waals surface area contributed by atoms with Crippen molar-refractivity contribution in [2.75, 3.05) is 0 Å². The molecule has 7 heteroatoms. The number of rotatable bonds is 5. The lowest BCUT2D eigenvalue weighted by Crippen LogP contribution is -2.01. The highest BCUT2D eigenvalue weighted by Crippen LogP contribution is 2.25. The molecular formula is C14H12BrClN2O3. The van der Waals surface area contributed by atoms with Crippen molar-refractivity contribution in [3.63, 3.8) is 0 Å². The zero-order valence-corrected chi connectivity index (χ0v) is 13.5. The van der Waals surface area contributed by atoms with Crippen LogP contribution in [0.25, 0.3) is 0 Å². The molecule has 0 saturated heterocycles. The van der Waals surface area contributed by atoms with Gasteiger partial charge in [-0.1, -0.05) is 27.5 Å². The molecule has 1 aromatic heterocycles. The summed E-state index contributed by atoms with van der Waals surface area (Å²) >= 11 is 9.39. The maximum atomic E-state index is 10.7. The van der Waals surface area contributed by atoms with Crippen molar-refractivity contribution in [3.8, 4) is 5.75 Å². The fourth-order valence-corrected chi connectivity index (χ4v) is 2.38. The van der Waals surface area contributed by atoms with E-state index < -0.39 is 4.92 Å². The van der Waals surface area contributed by atoms with Gasteiger partial charge in [0.1, 0.15) is 12.4 Å². The van der Waals surface area contributed by atoms with Gasteiger partial charge >= 0.3 is 0 Å². The number of hydrogen-bond acceptors (Lipinski definition) is 4. The van der Waals surface area contributed by atoms with E-state index in [1.165, 1.54) is 12.1 Å². The van der Waals surface area contributed by atoms with Gasteiger partial charge < -0.3 is 4.74 Å². The molecule has 0 aliphatic heterocycles. The highest BCUT2D eigenvalue weighted by atomic mass is 79.9. The third-order valence-electron chi connectivity index (χ3n) is 2.83. The number of nitrogens with zero attached hydrogens (tertiary/aromatic N) is 2. The minimum absolute atomic E-state index is 0.0399. The first-order valence-electron chi connectivity index (χ1n) is 6.09. The van der Waals surface area contributed by atoms with Crippen molar-refractivity contribution in [2.45, 2.75) is 18.9 Å². The lowest BCUT2D eigenvalue weighted by Gasteiger charge is -2.11. The summed E-state index contributed by atoms with van der Waals surface area (Å²) < 4.78 is 5.70. The Morgan fingerprint density at radius 2 is 2.14 bits per heavy atom. The molecule has 21 heavy (non-hydrogen) atoms. The van der Waals surface area contributed by atoms with Crippen molar-refractivity contribution in [1.29, 1.82) is 0 Å². The molecule has 0 N–H and O–H groups in total. The highest BCUT2D eigenvalue weighted by molar-refractivity contribution is 9.08. The molecule has 5 nitrogen and oxygen atoms in total. The molecule has 1 heterocycles. The number of aromatic nitrogens is 1. The van der Waals surface area contributed by atoms with E-state index in [9.17, 15) is 10.1 Å². The van der Waals surface area contributed by atoms with Crippen LogP contribution in [0.1, 0.15) is 17.0 Å². The first-order valence-corrected chi connectivity index (χ1v) is 7.59. The largest absolute Gasteiger partial charge is 0.487 e. The van der Waals surface area contributed by atoms with Gasteiger partial charge in [0.05, 0.1) is 15.6 Å². The van der Waals surface area contributed by atoms with Crippen LogP contribution in [0.15, 0.2) is 30.3 Å². The summed E-state index contributed by atoms with van der Waals surface area (Å²) in [7, 11) is 0. The van der Waals surface area contributed by atoms with E-state index in [1.54, 1.807) is 6.07 Å². The summed E-state index contributed by atoms with van der Waals surface area (Å²) in [4.78, 5) is 14.5. The number of ether oxygens (including phenoxy) is 1. The molecule has 0 aliphatic rings. The molecule has 2 aromatic rings. The molecule has 0 bridgehead atoms. The van der Waals surface area contributed by atoms with Crippen molar-refractivity contribution < 1.29 is 9.66 Å². The number of nitro benzene ring substituents is 1. The van der Waals surface area contributed by atoms with Crippen LogP contribution in [0.2, 0.25) is 5.02 Å².